The molecule has 5 aromatic heterocycles. The van der Waals surface area contributed by atoms with Crippen molar-refractivity contribution in [3.05, 3.63) is 99.1 Å². The van der Waals surface area contributed by atoms with Crippen LogP contribution in [0.15, 0.2) is 59.8 Å². The molecule has 1 aliphatic heterocycles. The van der Waals surface area contributed by atoms with Crippen LogP contribution in [0.2, 0.25) is 0 Å². The number of nitrogens with two attached hydrogens (primary N) is 1. The highest BCUT2D eigenvalue weighted by atomic mass is 19.4. The van der Waals surface area contributed by atoms with E-state index in [0.29, 0.717) is 81.3 Å². The van der Waals surface area contributed by atoms with Crippen LogP contribution in [0.3, 0.4) is 0 Å². The van der Waals surface area contributed by atoms with Gasteiger partial charge in [0.1, 0.15) is 17.3 Å². The Hall–Kier alpha value is -4.90. The lowest BCUT2D eigenvalue weighted by atomic mass is 9.99. The number of hydrogen-bond acceptors (Lipinski definition) is 11. The normalized spacial score (nSPS) is 15.3. The minimum Gasteiger partial charge on any atom is -0.396 e. The molecule has 1 saturated heterocycles. The summed E-state index contributed by atoms with van der Waals surface area (Å²) in [5.74, 6) is 1.66. The highest BCUT2D eigenvalue weighted by molar-refractivity contribution is 5.67. The summed E-state index contributed by atoms with van der Waals surface area (Å²) in [6.07, 6.45) is 6.13. The van der Waals surface area contributed by atoms with Crippen molar-refractivity contribution >= 4 is 17.3 Å². The SMILES string of the molecule is CCc1cnn2c(NCc3ccc(=O)n(CCOCCOCCCc4cc(-c5cnc([C@H](C)N)cc5C)cc(C(F)(F)F)n4)c3)cc(N3CCCC[C@H]3CCO)nc12. The first-order chi connectivity index (χ1) is 27.9. The van der Waals surface area contributed by atoms with Gasteiger partial charge in [-0.2, -0.15) is 22.8 Å². The van der Waals surface area contributed by atoms with Gasteiger partial charge in [0.15, 0.2) is 5.65 Å². The number of nitrogens with zero attached hydrogens (tertiary/aromatic N) is 7. The number of anilines is 2. The molecule has 0 aromatic carbocycles. The minimum absolute atomic E-state index is 0.135. The molecule has 2 atom stereocenters. The molecule has 5 aromatic rings. The highest BCUT2D eigenvalue weighted by Crippen LogP contribution is 2.33. The predicted molar refractivity (Wildman–Crippen MR) is 217 cm³/mol. The zero-order valence-corrected chi connectivity index (χ0v) is 33.5. The summed E-state index contributed by atoms with van der Waals surface area (Å²) in [4.78, 5) is 28.2. The fourth-order valence-corrected chi connectivity index (χ4v) is 7.31. The second-order valence-corrected chi connectivity index (χ2v) is 14.8. The minimum atomic E-state index is -4.59. The van der Waals surface area contributed by atoms with Gasteiger partial charge < -0.3 is 35.1 Å². The van der Waals surface area contributed by atoms with Crippen LogP contribution in [0.25, 0.3) is 16.8 Å². The van der Waals surface area contributed by atoms with Crippen molar-refractivity contribution < 1.29 is 27.8 Å². The van der Waals surface area contributed by atoms with Gasteiger partial charge in [0.25, 0.3) is 5.56 Å². The van der Waals surface area contributed by atoms with Crippen molar-refractivity contribution in [3.63, 3.8) is 0 Å². The van der Waals surface area contributed by atoms with E-state index in [0.717, 1.165) is 72.3 Å². The van der Waals surface area contributed by atoms with Crippen LogP contribution >= 0.6 is 0 Å². The van der Waals surface area contributed by atoms with E-state index in [2.05, 4.69) is 32.2 Å². The number of nitrogens with one attached hydrogen (secondary N) is 1. The van der Waals surface area contributed by atoms with E-state index in [-0.39, 0.29) is 24.2 Å². The first-order valence-electron chi connectivity index (χ1n) is 20.1. The average Bonchev–Trinajstić information content (AvgIpc) is 3.63. The van der Waals surface area contributed by atoms with E-state index in [4.69, 9.17) is 20.2 Å². The summed E-state index contributed by atoms with van der Waals surface area (Å²) in [7, 11) is 0. The number of rotatable bonds is 19. The molecule has 0 saturated carbocycles. The number of aliphatic hydroxyl groups is 1. The standard InChI is InChI=1S/C42H54F3N9O4/c1-4-31-25-49-54-38(23-39(51-41(31)54)53-13-6-5-9-34(53)12-15-55)48-24-30-10-11-40(56)52(27-30)14-17-58-19-18-57-16-7-8-33-21-32(22-37(50-33)42(43,44)45)35-26-47-36(29(3)46)20-28(35)2/h10-11,20-23,25-27,29,34,48,55H,4-9,12-19,24,46H2,1-3H3/t29-,34-/m0/s1. The van der Waals surface area contributed by atoms with Gasteiger partial charge >= 0.3 is 6.18 Å². The van der Waals surface area contributed by atoms with Crippen LogP contribution in [-0.2, 0) is 41.6 Å². The summed E-state index contributed by atoms with van der Waals surface area (Å²) in [5.41, 5.74) is 10.4. The Labute approximate surface area is 336 Å². The topological polar surface area (TPSA) is 158 Å². The molecule has 6 heterocycles. The summed E-state index contributed by atoms with van der Waals surface area (Å²) in [6.45, 7) is 8.73. The molecule has 312 valence electrons. The van der Waals surface area contributed by atoms with Crippen molar-refractivity contribution in [2.45, 2.75) is 97.1 Å². The van der Waals surface area contributed by atoms with E-state index in [1.807, 2.05) is 29.9 Å². The molecular weight excluding hydrogens is 752 g/mol. The average molecular weight is 806 g/mol. The maximum atomic E-state index is 13.8. The molecule has 58 heavy (non-hydrogen) atoms. The number of aromatic nitrogens is 6. The van der Waals surface area contributed by atoms with Gasteiger partial charge in [-0.3, -0.25) is 9.78 Å². The number of ether oxygens (including phenoxy) is 2. The number of fused-ring (bicyclic) bond motifs is 1. The maximum absolute atomic E-state index is 13.8. The molecule has 6 rings (SSSR count). The third-order valence-corrected chi connectivity index (χ3v) is 10.5. The molecule has 13 nitrogen and oxygen atoms in total. The lowest BCUT2D eigenvalue weighted by molar-refractivity contribution is -0.141. The molecule has 16 heteroatoms. The summed E-state index contributed by atoms with van der Waals surface area (Å²) in [5, 5.41) is 17.8. The Balaban J connectivity index is 0.977. The largest absolute Gasteiger partial charge is 0.433 e. The van der Waals surface area contributed by atoms with Crippen LogP contribution in [0.5, 0.6) is 0 Å². The smallest absolute Gasteiger partial charge is 0.396 e. The molecule has 1 aliphatic rings. The molecule has 0 amide bonds. The summed E-state index contributed by atoms with van der Waals surface area (Å²) in [6, 6.07) is 9.82. The lowest BCUT2D eigenvalue weighted by Crippen LogP contribution is -2.40. The van der Waals surface area contributed by atoms with Crippen LogP contribution in [0.1, 0.15) is 85.8 Å². The Bertz CT molecular complexity index is 2190. The number of pyridine rings is 3. The van der Waals surface area contributed by atoms with Gasteiger partial charge in [-0.1, -0.05) is 13.0 Å². The van der Waals surface area contributed by atoms with Gasteiger partial charge in [0.2, 0.25) is 0 Å². The molecular formula is C42H54F3N9O4. The second kappa shape index (κ2) is 19.7. The summed E-state index contributed by atoms with van der Waals surface area (Å²) < 4.78 is 56.2. The number of hydrogen-bond donors (Lipinski definition) is 3. The zero-order valence-electron chi connectivity index (χ0n) is 33.5. The summed E-state index contributed by atoms with van der Waals surface area (Å²) >= 11 is 0. The third-order valence-electron chi connectivity index (χ3n) is 10.5. The Kier molecular flexibility index (Phi) is 14.5. The number of piperidine rings is 1. The first kappa shape index (κ1) is 42.7. The fourth-order valence-electron chi connectivity index (χ4n) is 7.31. The van der Waals surface area contributed by atoms with Crippen molar-refractivity contribution in [2.24, 2.45) is 5.73 Å². The lowest BCUT2D eigenvalue weighted by Gasteiger charge is -2.36. The van der Waals surface area contributed by atoms with Gasteiger partial charge in [-0.05, 0) is 93.7 Å². The molecule has 0 aliphatic carbocycles. The molecule has 1 fully saturated rings. The van der Waals surface area contributed by atoms with Gasteiger partial charge in [-0.15, -0.1) is 0 Å². The van der Waals surface area contributed by atoms with Crippen LogP contribution < -0.4 is 21.5 Å². The van der Waals surface area contributed by atoms with Crippen molar-refractivity contribution in [3.8, 4) is 11.1 Å². The Morgan fingerprint density at radius 1 is 1.05 bits per heavy atom. The van der Waals surface area contributed by atoms with Crippen LogP contribution in [0, 0.1) is 6.92 Å². The fraction of sp³-hybridized carbons (Fsp3) is 0.500. The van der Waals surface area contributed by atoms with Gasteiger partial charge in [0, 0.05) is 86.3 Å². The number of aryl methyl sites for hydroxylation is 3. The first-order valence-corrected chi connectivity index (χ1v) is 20.1. The van der Waals surface area contributed by atoms with Crippen molar-refractivity contribution in [1.82, 2.24) is 29.1 Å². The predicted octanol–water partition coefficient (Wildman–Crippen LogP) is 6.28. The molecule has 0 bridgehead atoms. The molecule has 0 radical (unpaired) electrons. The van der Waals surface area contributed by atoms with Crippen LogP contribution in [-0.4, -0.2) is 79.9 Å². The number of halogens is 3. The zero-order chi connectivity index (χ0) is 41.2. The number of aliphatic hydroxyl groups excluding tert-OH is 1. The monoisotopic (exact) mass is 805 g/mol. The highest BCUT2D eigenvalue weighted by Gasteiger charge is 2.33. The van der Waals surface area contributed by atoms with E-state index in [1.165, 1.54) is 0 Å². The van der Waals surface area contributed by atoms with E-state index in [9.17, 15) is 23.1 Å². The molecule has 0 unspecified atom stereocenters. The van der Waals surface area contributed by atoms with Crippen LogP contribution in [0.4, 0.5) is 24.8 Å². The molecule has 0 spiro atoms. The Morgan fingerprint density at radius 3 is 2.60 bits per heavy atom. The van der Waals surface area contributed by atoms with Gasteiger partial charge in [0.05, 0.1) is 31.7 Å². The maximum Gasteiger partial charge on any atom is 0.433 e. The van der Waals surface area contributed by atoms with E-state index in [1.54, 1.807) is 42.0 Å². The van der Waals surface area contributed by atoms with Crippen molar-refractivity contribution in [1.29, 1.82) is 0 Å². The Morgan fingerprint density at radius 2 is 1.86 bits per heavy atom. The third kappa shape index (κ3) is 10.8. The second-order valence-electron chi connectivity index (χ2n) is 14.8. The number of alkyl halides is 3. The van der Waals surface area contributed by atoms with E-state index < -0.39 is 11.9 Å². The quantitative estimate of drug-likeness (QED) is 0.0808. The molecule has 4 N–H and O–H groups in total. The van der Waals surface area contributed by atoms with Crippen molar-refractivity contribution in [2.75, 3.05) is 49.8 Å². The van der Waals surface area contributed by atoms with Gasteiger partial charge in [-0.25, -0.2) is 9.97 Å². The van der Waals surface area contributed by atoms with E-state index >= 15 is 0 Å².